The number of hydrogen-bond donors (Lipinski definition) is 1. The molecule has 2 heterocycles. The van der Waals surface area contributed by atoms with Crippen molar-refractivity contribution in [1.82, 2.24) is 29.8 Å². The number of aromatic nitrogens is 6. The SMILES string of the molecule is CC(C)c1nc(CC(=O)Nc2cnn(C3CCC3)n2)n(C)n1. The fourth-order valence-corrected chi connectivity index (χ4v) is 2.29. The van der Waals surface area contributed by atoms with E-state index in [0.717, 1.165) is 18.7 Å². The maximum Gasteiger partial charge on any atom is 0.233 e. The summed E-state index contributed by atoms with van der Waals surface area (Å²) in [6, 6.07) is 0.387. The van der Waals surface area contributed by atoms with Crippen LogP contribution in [0, 0.1) is 0 Å². The standard InChI is InChI=1S/C14H21N7O/c1-9(2)14-17-12(20(3)19-14)7-13(22)16-11-8-15-21(18-11)10-5-4-6-10/h8-10H,4-7H2,1-3H3,(H,16,18,22). The van der Waals surface area contributed by atoms with Gasteiger partial charge in [-0.25, -0.2) is 4.98 Å². The molecule has 0 radical (unpaired) electrons. The Labute approximate surface area is 128 Å². The van der Waals surface area contributed by atoms with Crippen LogP contribution in [-0.2, 0) is 18.3 Å². The Morgan fingerprint density at radius 3 is 2.77 bits per heavy atom. The van der Waals surface area contributed by atoms with Crippen molar-refractivity contribution in [3.05, 3.63) is 17.8 Å². The van der Waals surface area contributed by atoms with Gasteiger partial charge in [0.2, 0.25) is 5.91 Å². The third kappa shape index (κ3) is 3.00. The molecule has 0 unspecified atom stereocenters. The Hall–Kier alpha value is -2.25. The first kappa shape index (κ1) is 14.7. The third-order valence-corrected chi connectivity index (χ3v) is 3.88. The highest BCUT2D eigenvalue weighted by molar-refractivity contribution is 5.90. The maximum absolute atomic E-state index is 12.1. The molecule has 8 heteroatoms. The minimum absolute atomic E-state index is 0.161. The number of rotatable bonds is 5. The van der Waals surface area contributed by atoms with Gasteiger partial charge in [0, 0.05) is 13.0 Å². The van der Waals surface area contributed by atoms with Gasteiger partial charge in [0.05, 0.1) is 18.7 Å². The highest BCUT2D eigenvalue weighted by Crippen LogP contribution is 2.30. The Morgan fingerprint density at radius 1 is 1.41 bits per heavy atom. The quantitative estimate of drug-likeness (QED) is 0.902. The van der Waals surface area contributed by atoms with Crippen molar-refractivity contribution < 1.29 is 4.79 Å². The predicted octanol–water partition coefficient (Wildman–Crippen LogP) is 1.44. The van der Waals surface area contributed by atoms with Gasteiger partial charge in [-0.3, -0.25) is 9.48 Å². The van der Waals surface area contributed by atoms with Crippen LogP contribution in [0.1, 0.15) is 56.7 Å². The lowest BCUT2D eigenvalue weighted by molar-refractivity contribution is -0.115. The first-order valence-corrected chi connectivity index (χ1v) is 7.64. The van der Waals surface area contributed by atoms with Gasteiger partial charge in [-0.1, -0.05) is 13.8 Å². The lowest BCUT2D eigenvalue weighted by atomic mass is 9.94. The van der Waals surface area contributed by atoms with Crippen LogP contribution >= 0.6 is 0 Å². The summed E-state index contributed by atoms with van der Waals surface area (Å²) in [7, 11) is 1.80. The molecule has 0 spiro atoms. The van der Waals surface area contributed by atoms with Gasteiger partial charge in [-0.05, 0) is 19.3 Å². The van der Waals surface area contributed by atoms with Gasteiger partial charge < -0.3 is 5.32 Å². The molecule has 2 aromatic heterocycles. The first-order chi connectivity index (χ1) is 10.5. The van der Waals surface area contributed by atoms with Crippen molar-refractivity contribution in [3.8, 4) is 0 Å². The van der Waals surface area contributed by atoms with Crippen molar-refractivity contribution in [2.75, 3.05) is 5.32 Å². The molecule has 3 rings (SSSR count). The number of anilines is 1. The Kier molecular flexibility index (Phi) is 3.91. The number of nitrogens with zero attached hydrogens (tertiary/aromatic N) is 6. The fourth-order valence-electron chi connectivity index (χ4n) is 2.29. The highest BCUT2D eigenvalue weighted by atomic mass is 16.1. The summed E-state index contributed by atoms with van der Waals surface area (Å²) >= 11 is 0. The van der Waals surface area contributed by atoms with E-state index in [4.69, 9.17) is 0 Å². The molecule has 0 atom stereocenters. The lowest BCUT2D eigenvalue weighted by Crippen LogP contribution is -2.20. The normalized spacial score (nSPS) is 15.1. The van der Waals surface area contributed by atoms with Gasteiger partial charge in [0.15, 0.2) is 11.6 Å². The van der Waals surface area contributed by atoms with Crippen molar-refractivity contribution in [2.24, 2.45) is 7.05 Å². The number of nitrogens with one attached hydrogen (secondary N) is 1. The molecule has 0 saturated heterocycles. The molecule has 1 aliphatic rings. The first-order valence-electron chi connectivity index (χ1n) is 7.64. The second kappa shape index (κ2) is 5.86. The number of carbonyl (C=O) groups excluding carboxylic acids is 1. The van der Waals surface area contributed by atoms with E-state index in [2.05, 4.69) is 25.6 Å². The lowest BCUT2D eigenvalue weighted by Gasteiger charge is -2.23. The monoisotopic (exact) mass is 303 g/mol. The molecule has 1 saturated carbocycles. The summed E-state index contributed by atoms with van der Waals surface area (Å²) < 4.78 is 1.65. The molecule has 0 aromatic carbocycles. The van der Waals surface area contributed by atoms with Crippen LogP contribution in [0.25, 0.3) is 0 Å². The molecule has 2 aromatic rings. The second-order valence-corrected chi connectivity index (χ2v) is 6.02. The van der Waals surface area contributed by atoms with Crippen LogP contribution < -0.4 is 5.32 Å². The summed E-state index contributed by atoms with van der Waals surface area (Å²) in [5.74, 6) is 1.97. The average molecular weight is 303 g/mol. The van der Waals surface area contributed by atoms with Crippen LogP contribution in [0.15, 0.2) is 6.20 Å². The van der Waals surface area contributed by atoms with Crippen molar-refractivity contribution in [3.63, 3.8) is 0 Å². The molecule has 22 heavy (non-hydrogen) atoms. The minimum atomic E-state index is -0.161. The molecule has 0 bridgehead atoms. The van der Waals surface area contributed by atoms with E-state index in [9.17, 15) is 4.79 Å². The van der Waals surface area contributed by atoms with Gasteiger partial charge in [0.25, 0.3) is 0 Å². The van der Waals surface area contributed by atoms with E-state index in [1.54, 1.807) is 22.7 Å². The summed E-state index contributed by atoms with van der Waals surface area (Å²) in [6.07, 6.45) is 5.20. The minimum Gasteiger partial charge on any atom is -0.307 e. The summed E-state index contributed by atoms with van der Waals surface area (Å²) in [6.45, 7) is 4.05. The smallest absolute Gasteiger partial charge is 0.233 e. The molecule has 1 N–H and O–H groups in total. The number of hydrogen-bond acceptors (Lipinski definition) is 5. The zero-order chi connectivity index (χ0) is 15.7. The van der Waals surface area contributed by atoms with Crippen molar-refractivity contribution in [2.45, 2.75) is 51.5 Å². The highest BCUT2D eigenvalue weighted by Gasteiger charge is 2.22. The molecule has 0 aliphatic heterocycles. The van der Waals surface area contributed by atoms with Crippen LogP contribution in [0.2, 0.25) is 0 Å². The Balaban J connectivity index is 1.61. The van der Waals surface area contributed by atoms with E-state index in [1.807, 2.05) is 13.8 Å². The summed E-state index contributed by atoms with van der Waals surface area (Å²) in [5.41, 5.74) is 0. The Bertz CT molecular complexity index is 669. The van der Waals surface area contributed by atoms with E-state index < -0.39 is 0 Å². The van der Waals surface area contributed by atoms with E-state index >= 15 is 0 Å². The average Bonchev–Trinajstić information content (AvgIpc) is 2.96. The number of amides is 1. The summed E-state index contributed by atoms with van der Waals surface area (Å²) in [4.78, 5) is 18.2. The predicted molar refractivity (Wildman–Crippen MR) is 80.3 cm³/mol. The molecule has 1 fully saturated rings. The van der Waals surface area contributed by atoms with Gasteiger partial charge in [-0.2, -0.15) is 15.0 Å². The molecule has 8 nitrogen and oxygen atoms in total. The fraction of sp³-hybridized carbons (Fsp3) is 0.643. The second-order valence-electron chi connectivity index (χ2n) is 6.02. The van der Waals surface area contributed by atoms with Crippen LogP contribution in [0.4, 0.5) is 5.82 Å². The maximum atomic E-state index is 12.1. The van der Waals surface area contributed by atoms with E-state index in [-0.39, 0.29) is 18.2 Å². The van der Waals surface area contributed by atoms with E-state index in [0.29, 0.717) is 17.7 Å². The van der Waals surface area contributed by atoms with Crippen molar-refractivity contribution >= 4 is 11.7 Å². The topological polar surface area (TPSA) is 90.5 Å². The number of carbonyl (C=O) groups is 1. The Morgan fingerprint density at radius 2 is 2.18 bits per heavy atom. The molecule has 118 valence electrons. The van der Waals surface area contributed by atoms with E-state index in [1.165, 1.54) is 6.42 Å². The third-order valence-electron chi connectivity index (χ3n) is 3.88. The summed E-state index contributed by atoms with van der Waals surface area (Å²) in [5, 5.41) is 15.6. The molecule has 1 amide bonds. The van der Waals surface area contributed by atoms with Crippen LogP contribution in [-0.4, -0.2) is 35.7 Å². The molecular weight excluding hydrogens is 282 g/mol. The van der Waals surface area contributed by atoms with Gasteiger partial charge >= 0.3 is 0 Å². The van der Waals surface area contributed by atoms with Crippen molar-refractivity contribution in [1.29, 1.82) is 0 Å². The zero-order valence-electron chi connectivity index (χ0n) is 13.2. The van der Waals surface area contributed by atoms with Gasteiger partial charge in [0.1, 0.15) is 5.82 Å². The molecular formula is C14H21N7O. The molecule has 1 aliphatic carbocycles. The van der Waals surface area contributed by atoms with Crippen LogP contribution in [0.5, 0.6) is 0 Å². The number of aryl methyl sites for hydroxylation is 1. The largest absolute Gasteiger partial charge is 0.307 e. The van der Waals surface area contributed by atoms with Crippen LogP contribution in [0.3, 0.4) is 0 Å². The van der Waals surface area contributed by atoms with Gasteiger partial charge in [-0.15, -0.1) is 5.10 Å². The zero-order valence-corrected chi connectivity index (χ0v) is 13.2.